The highest BCUT2D eigenvalue weighted by Gasteiger charge is 2.32. The van der Waals surface area contributed by atoms with Gasteiger partial charge in [0.1, 0.15) is 5.71 Å². The van der Waals surface area contributed by atoms with E-state index in [1.54, 1.807) is 0 Å². The minimum Gasteiger partial charge on any atom is -0.341 e. The molecule has 0 amide bonds. The molecule has 3 aromatic rings. The van der Waals surface area contributed by atoms with E-state index in [1.165, 1.54) is 5.56 Å². The lowest BCUT2D eigenvalue weighted by Gasteiger charge is -2.23. The standard InChI is InChI=1S/C24H30N6/c1-4-17-28(5-2)24-26-25-23(29(24)6-3)21-18-22(19-13-9-7-10-14-19)30(27-21)20-15-11-8-12-16-20/h7-16,22H,4-6,17-18H2,1-3H3. The van der Waals surface area contributed by atoms with E-state index in [1.807, 2.05) is 6.07 Å². The zero-order chi connectivity index (χ0) is 20.9. The molecule has 156 valence electrons. The van der Waals surface area contributed by atoms with Gasteiger partial charge in [0, 0.05) is 26.1 Å². The molecule has 0 saturated heterocycles. The number of hydrogen-bond acceptors (Lipinski definition) is 5. The van der Waals surface area contributed by atoms with Crippen molar-refractivity contribution in [2.24, 2.45) is 5.10 Å². The SMILES string of the molecule is CCCN(CC)c1nnc(C2=NN(c3ccccc3)C(c3ccccc3)C2)n1CC. The molecule has 0 bridgehead atoms. The summed E-state index contributed by atoms with van der Waals surface area (Å²) in [5.41, 5.74) is 3.33. The fraction of sp³-hybridized carbons (Fsp3) is 0.375. The summed E-state index contributed by atoms with van der Waals surface area (Å²) in [5, 5.41) is 16.3. The van der Waals surface area contributed by atoms with E-state index in [9.17, 15) is 0 Å². The molecule has 0 saturated carbocycles. The quantitative estimate of drug-likeness (QED) is 0.538. The molecule has 0 spiro atoms. The number of benzene rings is 2. The molecular weight excluding hydrogens is 372 g/mol. The largest absolute Gasteiger partial charge is 0.341 e. The van der Waals surface area contributed by atoms with E-state index in [0.717, 1.165) is 55.6 Å². The van der Waals surface area contributed by atoms with E-state index in [0.29, 0.717) is 0 Å². The van der Waals surface area contributed by atoms with Crippen LogP contribution in [0, 0.1) is 0 Å². The lowest BCUT2D eigenvalue weighted by atomic mass is 10.0. The van der Waals surface area contributed by atoms with Gasteiger partial charge in [-0.2, -0.15) is 5.10 Å². The molecule has 1 aliphatic rings. The number of hydrogen-bond donors (Lipinski definition) is 0. The third-order valence-electron chi connectivity index (χ3n) is 5.58. The Hall–Kier alpha value is -3.15. The molecule has 30 heavy (non-hydrogen) atoms. The van der Waals surface area contributed by atoms with Gasteiger partial charge < -0.3 is 4.90 Å². The average Bonchev–Trinajstić information content (AvgIpc) is 3.43. The molecule has 0 radical (unpaired) electrons. The summed E-state index contributed by atoms with van der Waals surface area (Å²) >= 11 is 0. The maximum atomic E-state index is 5.05. The van der Waals surface area contributed by atoms with Crippen LogP contribution in [0.5, 0.6) is 0 Å². The second-order valence-corrected chi connectivity index (χ2v) is 7.50. The van der Waals surface area contributed by atoms with Crippen molar-refractivity contribution in [3.63, 3.8) is 0 Å². The van der Waals surface area contributed by atoms with Crippen molar-refractivity contribution in [3.8, 4) is 0 Å². The molecule has 6 nitrogen and oxygen atoms in total. The first-order chi connectivity index (χ1) is 14.8. The van der Waals surface area contributed by atoms with Gasteiger partial charge in [0.25, 0.3) is 0 Å². The number of rotatable bonds is 8. The highest BCUT2D eigenvalue weighted by Crippen LogP contribution is 2.36. The van der Waals surface area contributed by atoms with Crippen molar-refractivity contribution in [2.45, 2.75) is 46.2 Å². The number of nitrogens with zero attached hydrogens (tertiary/aromatic N) is 6. The van der Waals surface area contributed by atoms with Crippen molar-refractivity contribution in [2.75, 3.05) is 23.0 Å². The maximum Gasteiger partial charge on any atom is 0.227 e. The fourth-order valence-corrected chi connectivity index (χ4v) is 4.10. The van der Waals surface area contributed by atoms with Crippen LogP contribution in [-0.2, 0) is 6.54 Å². The summed E-state index contributed by atoms with van der Waals surface area (Å²) in [6.07, 6.45) is 1.88. The predicted octanol–water partition coefficient (Wildman–Crippen LogP) is 4.89. The monoisotopic (exact) mass is 402 g/mol. The number of hydrazone groups is 1. The second kappa shape index (κ2) is 9.11. The Morgan fingerprint density at radius 2 is 1.63 bits per heavy atom. The zero-order valence-corrected chi connectivity index (χ0v) is 18.1. The van der Waals surface area contributed by atoms with Crippen molar-refractivity contribution in [1.82, 2.24) is 14.8 Å². The topological polar surface area (TPSA) is 49.6 Å². The Kier molecular flexibility index (Phi) is 6.12. The highest BCUT2D eigenvalue weighted by atomic mass is 15.5. The summed E-state index contributed by atoms with van der Waals surface area (Å²) in [5.74, 6) is 1.82. The summed E-state index contributed by atoms with van der Waals surface area (Å²) < 4.78 is 2.20. The van der Waals surface area contributed by atoms with Crippen LogP contribution in [0.25, 0.3) is 0 Å². The third-order valence-corrected chi connectivity index (χ3v) is 5.58. The molecule has 0 N–H and O–H groups in total. The minimum absolute atomic E-state index is 0.145. The molecular formula is C24H30N6. The van der Waals surface area contributed by atoms with Crippen molar-refractivity contribution in [3.05, 3.63) is 72.1 Å². The van der Waals surface area contributed by atoms with Crippen molar-refractivity contribution >= 4 is 17.3 Å². The van der Waals surface area contributed by atoms with Gasteiger partial charge in [-0.1, -0.05) is 55.5 Å². The first kappa shape index (κ1) is 20.1. The van der Waals surface area contributed by atoms with Gasteiger partial charge in [0.15, 0.2) is 5.82 Å². The third kappa shape index (κ3) is 3.82. The van der Waals surface area contributed by atoms with E-state index in [-0.39, 0.29) is 6.04 Å². The van der Waals surface area contributed by atoms with E-state index in [4.69, 9.17) is 5.10 Å². The molecule has 2 heterocycles. The van der Waals surface area contributed by atoms with Crippen LogP contribution in [0.4, 0.5) is 11.6 Å². The van der Waals surface area contributed by atoms with Gasteiger partial charge >= 0.3 is 0 Å². The Labute approximate surface area is 178 Å². The normalized spacial score (nSPS) is 16.0. The van der Waals surface area contributed by atoms with Gasteiger partial charge in [-0.15, -0.1) is 10.2 Å². The Morgan fingerprint density at radius 1 is 0.933 bits per heavy atom. The van der Waals surface area contributed by atoms with Gasteiger partial charge in [0.05, 0.1) is 11.7 Å². The van der Waals surface area contributed by atoms with Gasteiger partial charge in [-0.3, -0.25) is 9.58 Å². The lowest BCUT2D eigenvalue weighted by Crippen LogP contribution is -2.27. The number of para-hydroxylation sites is 1. The van der Waals surface area contributed by atoms with Crippen LogP contribution >= 0.6 is 0 Å². The molecule has 1 atom stereocenters. The van der Waals surface area contributed by atoms with Crippen molar-refractivity contribution in [1.29, 1.82) is 0 Å². The first-order valence-corrected chi connectivity index (χ1v) is 10.9. The molecule has 1 aromatic heterocycles. The smallest absolute Gasteiger partial charge is 0.227 e. The summed E-state index contributed by atoms with van der Waals surface area (Å²) in [6.45, 7) is 9.22. The fourth-order valence-electron chi connectivity index (χ4n) is 4.10. The lowest BCUT2D eigenvalue weighted by molar-refractivity contribution is 0.687. The maximum absolute atomic E-state index is 5.05. The zero-order valence-electron chi connectivity index (χ0n) is 18.1. The number of anilines is 2. The molecule has 6 heteroatoms. The van der Waals surface area contributed by atoms with Crippen LogP contribution in [0.1, 0.15) is 51.0 Å². The molecule has 2 aromatic carbocycles. The Morgan fingerprint density at radius 3 is 2.27 bits per heavy atom. The van der Waals surface area contributed by atoms with Crippen LogP contribution in [0.3, 0.4) is 0 Å². The van der Waals surface area contributed by atoms with E-state index < -0.39 is 0 Å². The minimum atomic E-state index is 0.145. The van der Waals surface area contributed by atoms with E-state index in [2.05, 4.69) is 100 Å². The van der Waals surface area contributed by atoms with Gasteiger partial charge in [0.2, 0.25) is 5.95 Å². The molecule has 1 aliphatic heterocycles. The summed E-state index contributed by atoms with van der Waals surface area (Å²) in [6, 6.07) is 21.1. The number of aromatic nitrogens is 3. The molecule has 0 fully saturated rings. The Balaban J connectivity index is 1.73. The Bertz CT molecular complexity index is 979. The average molecular weight is 403 g/mol. The van der Waals surface area contributed by atoms with Crippen LogP contribution in [0.2, 0.25) is 0 Å². The van der Waals surface area contributed by atoms with Crippen molar-refractivity contribution < 1.29 is 0 Å². The van der Waals surface area contributed by atoms with Gasteiger partial charge in [-0.25, -0.2) is 0 Å². The van der Waals surface area contributed by atoms with Gasteiger partial charge in [-0.05, 0) is 38.0 Å². The summed E-state index contributed by atoms with van der Waals surface area (Å²) in [7, 11) is 0. The highest BCUT2D eigenvalue weighted by molar-refractivity contribution is 6.00. The van der Waals surface area contributed by atoms with Crippen LogP contribution in [-0.4, -0.2) is 33.6 Å². The first-order valence-electron chi connectivity index (χ1n) is 10.9. The molecule has 0 aliphatic carbocycles. The van der Waals surface area contributed by atoms with Crippen LogP contribution < -0.4 is 9.91 Å². The molecule has 1 unspecified atom stereocenters. The predicted molar refractivity (Wildman–Crippen MR) is 123 cm³/mol. The van der Waals surface area contributed by atoms with Crippen LogP contribution in [0.15, 0.2) is 65.8 Å². The second-order valence-electron chi connectivity index (χ2n) is 7.50. The summed E-state index contributed by atoms with van der Waals surface area (Å²) in [4.78, 5) is 2.29. The molecule has 4 rings (SSSR count). The van der Waals surface area contributed by atoms with E-state index >= 15 is 0 Å².